The third-order valence-corrected chi connectivity index (χ3v) is 3.62. The van der Waals surface area contributed by atoms with Gasteiger partial charge in [0.1, 0.15) is 0 Å². The van der Waals surface area contributed by atoms with Gasteiger partial charge >= 0.3 is 0 Å². The van der Waals surface area contributed by atoms with E-state index in [4.69, 9.17) is 11.6 Å². The van der Waals surface area contributed by atoms with Gasteiger partial charge in [-0.05, 0) is 30.7 Å². The average Bonchev–Trinajstić information content (AvgIpc) is 2.69. The molecule has 0 bridgehead atoms. The molecule has 4 nitrogen and oxygen atoms in total. The molecule has 0 fully saturated rings. The van der Waals surface area contributed by atoms with Crippen LogP contribution in [0.4, 0.5) is 0 Å². The van der Waals surface area contributed by atoms with Crippen LogP contribution in [-0.2, 0) is 17.2 Å². The number of hydrogen-bond acceptors (Lipinski definition) is 2. The lowest BCUT2D eigenvalue weighted by atomic mass is 10.3. The lowest BCUT2D eigenvalue weighted by Gasteiger charge is -2.00. The zero-order valence-electron chi connectivity index (χ0n) is 9.85. The molecule has 0 aliphatic carbocycles. The van der Waals surface area contributed by atoms with E-state index in [9.17, 15) is 9.00 Å². The third kappa shape index (κ3) is 2.91. The van der Waals surface area contributed by atoms with Crippen molar-refractivity contribution in [1.29, 1.82) is 0 Å². The van der Waals surface area contributed by atoms with Crippen molar-refractivity contribution in [2.24, 2.45) is 0 Å². The first-order valence-corrected chi connectivity index (χ1v) is 7.53. The van der Waals surface area contributed by atoms with Gasteiger partial charge in [0.25, 0.3) is 5.56 Å². The summed E-state index contributed by atoms with van der Waals surface area (Å²) in [6, 6.07) is 6.99. The number of halogens is 1. The highest BCUT2D eigenvalue weighted by Gasteiger charge is 2.08. The molecule has 96 valence electrons. The number of H-pyrrole nitrogens is 1. The lowest BCUT2D eigenvalue weighted by Crippen LogP contribution is -2.18. The molecular formula is C12H13ClN2O2S. The third-order valence-electron chi connectivity index (χ3n) is 2.59. The maximum atomic E-state index is 12.1. The molecule has 1 aromatic heterocycles. The SMILES string of the molecule is CS(=O)CCc1c[nH]n(-c2ccc(Cl)cc2)c1=O. The van der Waals surface area contributed by atoms with Crippen LogP contribution in [0, 0.1) is 0 Å². The van der Waals surface area contributed by atoms with Crippen molar-refractivity contribution >= 4 is 22.4 Å². The molecule has 0 saturated carbocycles. The number of aromatic amines is 1. The van der Waals surface area contributed by atoms with E-state index in [1.807, 2.05) is 0 Å². The predicted molar refractivity (Wildman–Crippen MR) is 74.0 cm³/mol. The zero-order valence-corrected chi connectivity index (χ0v) is 11.4. The molecule has 0 spiro atoms. The molecular weight excluding hydrogens is 272 g/mol. The van der Waals surface area contributed by atoms with Gasteiger partial charge in [-0.2, -0.15) is 0 Å². The van der Waals surface area contributed by atoms with Crippen LogP contribution >= 0.6 is 11.6 Å². The number of aryl methyl sites for hydroxylation is 1. The van der Waals surface area contributed by atoms with Crippen molar-refractivity contribution < 1.29 is 4.21 Å². The Morgan fingerprint density at radius 3 is 2.61 bits per heavy atom. The Morgan fingerprint density at radius 2 is 2.00 bits per heavy atom. The summed E-state index contributed by atoms with van der Waals surface area (Å²) in [5.74, 6) is 0.494. The second kappa shape index (κ2) is 5.54. The van der Waals surface area contributed by atoms with Gasteiger partial charge in [-0.3, -0.25) is 14.1 Å². The highest BCUT2D eigenvalue weighted by atomic mass is 35.5. The van der Waals surface area contributed by atoms with Crippen molar-refractivity contribution in [3.63, 3.8) is 0 Å². The summed E-state index contributed by atoms with van der Waals surface area (Å²) in [6.45, 7) is 0. The zero-order chi connectivity index (χ0) is 13.1. The second-order valence-corrected chi connectivity index (χ2v) is 5.93. The van der Waals surface area contributed by atoms with Crippen LogP contribution in [0.25, 0.3) is 5.69 Å². The van der Waals surface area contributed by atoms with Gasteiger partial charge in [-0.15, -0.1) is 0 Å². The molecule has 1 N–H and O–H groups in total. The van der Waals surface area contributed by atoms with E-state index in [0.29, 0.717) is 22.8 Å². The minimum absolute atomic E-state index is 0.109. The van der Waals surface area contributed by atoms with Crippen LogP contribution in [-0.4, -0.2) is 26.0 Å². The molecule has 0 radical (unpaired) electrons. The van der Waals surface area contributed by atoms with Crippen LogP contribution in [0.1, 0.15) is 5.56 Å². The minimum atomic E-state index is -0.892. The number of nitrogens with zero attached hydrogens (tertiary/aromatic N) is 1. The minimum Gasteiger partial charge on any atom is -0.298 e. The molecule has 1 atom stereocenters. The first-order valence-electron chi connectivity index (χ1n) is 5.43. The Hall–Kier alpha value is -1.33. The number of hydrogen-bond donors (Lipinski definition) is 1. The quantitative estimate of drug-likeness (QED) is 0.930. The topological polar surface area (TPSA) is 54.9 Å². The summed E-state index contributed by atoms with van der Waals surface area (Å²) >= 11 is 5.80. The Labute approximate surface area is 112 Å². The van der Waals surface area contributed by atoms with E-state index < -0.39 is 10.8 Å². The molecule has 0 amide bonds. The average molecular weight is 285 g/mol. The van der Waals surface area contributed by atoms with E-state index in [-0.39, 0.29) is 5.56 Å². The normalized spacial score (nSPS) is 12.6. The maximum absolute atomic E-state index is 12.1. The molecule has 0 aliphatic heterocycles. The fourth-order valence-corrected chi connectivity index (χ4v) is 2.25. The number of nitrogens with one attached hydrogen (secondary N) is 1. The summed E-state index contributed by atoms with van der Waals surface area (Å²) < 4.78 is 12.5. The molecule has 1 heterocycles. The van der Waals surface area contributed by atoms with Crippen molar-refractivity contribution in [2.45, 2.75) is 6.42 Å². The predicted octanol–water partition coefficient (Wildman–Crippen LogP) is 1.74. The van der Waals surface area contributed by atoms with Gasteiger partial charge in [0.2, 0.25) is 0 Å². The van der Waals surface area contributed by atoms with Crippen LogP contribution in [0.5, 0.6) is 0 Å². The Balaban J connectivity index is 2.28. The molecule has 0 aliphatic rings. The van der Waals surface area contributed by atoms with Crippen LogP contribution in [0.15, 0.2) is 35.3 Å². The van der Waals surface area contributed by atoms with Gasteiger partial charge in [0.05, 0.1) is 5.69 Å². The van der Waals surface area contributed by atoms with Gasteiger partial charge in [0.15, 0.2) is 0 Å². The fourth-order valence-electron chi connectivity index (χ4n) is 1.62. The van der Waals surface area contributed by atoms with E-state index in [2.05, 4.69) is 5.10 Å². The highest BCUT2D eigenvalue weighted by Crippen LogP contribution is 2.11. The number of rotatable bonds is 4. The molecule has 2 aromatic rings. The van der Waals surface area contributed by atoms with E-state index >= 15 is 0 Å². The van der Waals surface area contributed by atoms with Crippen LogP contribution in [0.2, 0.25) is 5.02 Å². The molecule has 1 unspecified atom stereocenters. The molecule has 6 heteroatoms. The molecule has 18 heavy (non-hydrogen) atoms. The Kier molecular flexibility index (Phi) is 4.04. The van der Waals surface area contributed by atoms with Gasteiger partial charge in [0, 0.05) is 39.6 Å². The standard InChI is InChI=1S/C12H13ClN2O2S/c1-18(17)7-6-9-8-14-15(12(9)16)11-4-2-10(13)3-5-11/h2-5,8,14H,6-7H2,1H3. The largest absolute Gasteiger partial charge is 0.298 e. The van der Waals surface area contributed by atoms with Crippen molar-refractivity contribution in [1.82, 2.24) is 9.78 Å². The molecule has 2 rings (SSSR count). The molecule has 1 aromatic carbocycles. The fraction of sp³-hybridized carbons (Fsp3) is 0.250. The maximum Gasteiger partial charge on any atom is 0.274 e. The van der Waals surface area contributed by atoms with E-state index in [1.54, 1.807) is 36.7 Å². The summed E-state index contributed by atoms with van der Waals surface area (Å²) in [6.07, 6.45) is 3.80. The first kappa shape index (κ1) is 13.1. The van der Waals surface area contributed by atoms with Crippen molar-refractivity contribution in [2.75, 3.05) is 12.0 Å². The summed E-state index contributed by atoms with van der Waals surface area (Å²) in [5.41, 5.74) is 1.26. The van der Waals surface area contributed by atoms with Crippen LogP contribution < -0.4 is 5.56 Å². The second-order valence-electron chi connectivity index (χ2n) is 3.94. The van der Waals surface area contributed by atoms with E-state index in [0.717, 1.165) is 5.69 Å². The highest BCUT2D eigenvalue weighted by molar-refractivity contribution is 7.84. The van der Waals surface area contributed by atoms with Crippen molar-refractivity contribution in [3.05, 3.63) is 51.4 Å². The summed E-state index contributed by atoms with van der Waals surface area (Å²) in [5, 5.41) is 3.52. The monoisotopic (exact) mass is 284 g/mol. The van der Waals surface area contributed by atoms with Gasteiger partial charge in [-0.1, -0.05) is 11.6 Å². The summed E-state index contributed by atoms with van der Waals surface area (Å²) in [7, 11) is -0.892. The summed E-state index contributed by atoms with van der Waals surface area (Å²) in [4.78, 5) is 12.1. The smallest absolute Gasteiger partial charge is 0.274 e. The Morgan fingerprint density at radius 1 is 1.33 bits per heavy atom. The Bertz CT molecular complexity index is 616. The van der Waals surface area contributed by atoms with E-state index in [1.165, 1.54) is 4.68 Å². The lowest BCUT2D eigenvalue weighted by molar-refractivity contribution is 0.686. The van der Waals surface area contributed by atoms with Crippen molar-refractivity contribution in [3.8, 4) is 5.69 Å². The molecule has 0 saturated heterocycles. The van der Waals surface area contributed by atoms with Gasteiger partial charge in [-0.25, -0.2) is 4.68 Å². The number of benzene rings is 1. The van der Waals surface area contributed by atoms with Gasteiger partial charge < -0.3 is 0 Å². The van der Waals surface area contributed by atoms with Crippen LogP contribution in [0.3, 0.4) is 0 Å². The number of aromatic nitrogens is 2. The first-order chi connectivity index (χ1) is 8.58.